The highest BCUT2D eigenvalue weighted by Gasteiger charge is 2.01. The van der Waals surface area contributed by atoms with Gasteiger partial charge < -0.3 is 4.74 Å². The van der Waals surface area contributed by atoms with Gasteiger partial charge in [-0.05, 0) is 35.4 Å². The first-order valence-electron chi connectivity index (χ1n) is 5.44. The van der Waals surface area contributed by atoms with Crippen molar-refractivity contribution in [3.05, 3.63) is 48.7 Å². The van der Waals surface area contributed by atoms with Crippen LogP contribution in [0.4, 0.5) is 0 Å². The molecule has 3 nitrogen and oxygen atoms in total. The van der Waals surface area contributed by atoms with Crippen molar-refractivity contribution in [2.24, 2.45) is 0 Å². The van der Waals surface area contributed by atoms with Gasteiger partial charge in [-0.1, -0.05) is 18.2 Å². The Labute approximate surface area is 99.0 Å². The number of aromatic amines is 1. The summed E-state index contributed by atoms with van der Waals surface area (Å²) in [4.78, 5) is 0. The average molecular weight is 224 g/mol. The SMILES string of the molecule is COc1ccc(-c2ccc3[nH]ncc3c2)cc1. The molecule has 0 aliphatic carbocycles. The number of aromatic nitrogens is 2. The summed E-state index contributed by atoms with van der Waals surface area (Å²) in [7, 11) is 1.67. The minimum Gasteiger partial charge on any atom is -0.497 e. The topological polar surface area (TPSA) is 37.9 Å². The van der Waals surface area contributed by atoms with E-state index in [1.165, 1.54) is 11.1 Å². The van der Waals surface area contributed by atoms with E-state index in [-0.39, 0.29) is 0 Å². The molecule has 84 valence electrons. The van der Waals surface area contributed by atoms with Crippen LogP contribution in [0.2, 0.25) is 0 Å². The van der Waals surface area contributed by atoms with Crippen molar-refractivity contribution in [3.8, 4) is 16.9 Å². The molecule has 1 N–H and O–H groups in total. The minimum atomic E-state index is 0.873. The fraction of sp³-hybridized carbons (Fsp3) is 0.0714. The molecule has 0 saturated carbocycles. The van der Waals surface area contributed by atoms with Gasteiger partial charge in [0, 0.05) is 5.39 Å². The summed E-state index contributed by atoms with van der Waals surface area (Å²) in [5, 5.41) is 8.09. The maximum absolute atomic E-state index is 5.15. The van der Waals surface area contributed by atoms with Crippen molar-refractivity contribution in [2.75, 3.05) is 7.11 Å². The van der Waals surface area contributed by atoms with Crippen LogP contribution in [0, 0.1) is 0 Å². The third kappa shape index (κ3) is 1.76. The van der Waals surface area contributed by atoms with Gasteiger partial charge in [0.2, 0.25) is 0 Å². The monoisotopic (exact) mass is 224 g/mol. The highest BCUT2D eigenvalue weighted by atomic mass is 16.5. The predicted octanol–water partition coefficient (Wildman–Crippen LogP) is 3.24. The number of rotatable bonds is 2. The lowest BCUT2D eigenvalue weighted by molar-refractivity contribution is 0.415. The Morgan fingerprint density at radius 1 is 1.00 bits per heavy atom. The Bertz CT molecular complexity index is 641. The number of ether oxygens (including phenoxy) is 1. The fourth-order valence-corrected chi connectivity index (χ4v) is 1.91. The second kappa shape index (κ2) is 3.94. The largest absolute Gasteiger partial charge is 0.497 e. The first kappa shape index (κ1) is 9.90. The molecule has 3 rings (SSSR count). The van der Waals surface area contributed by atoms with Gasteiger partial charge in [-0.15, -0.1) is 0 Å². The maximum Gasteiger partial charge on any atom is 0.118 e. The van der Waals surface area contributed by atoms with E-state index in [0.717, 1.165) is 16.7 Å². The number of methoxy groups -OCH3 is 1. The van der Waals surface area contributed by atoms with Crippen LogP contribution in [0.3, 0.4) is 0 Å². The first-order valence-corrected chi connectivity index (χ1v) is 5.44. The smallest absolute Gasteiger partial charge is 0.118 e. The van der Waals surface area contributed by atoms with Crippen LogP contribution in [0.5, 0.6) is 5.75 Å². The second-order valence-corrected chi connectivity index (χ2v) is 3.90. The van der Waals surface area contributed by atoms with Crippen LogP contribution in [0.25, 0.3) is 22.0 Å². The van der Waals surface area contributed by atoms with E-state index in [4.69, 9.17) is 4.74 Å². The van der Waals surface area contributed by atoms with Crippen molar-refractivity contribution in [2.45, 2.75) is 0 Å². The third-order valence-corrected chi connectivity index (χ3v) is 2.86. The summed E-state index contributed by atoms with van der Waals surface area (Å²) in [6.07, 6.45) is 1.84. The van der Waals surface area contributed by atoms with Crippen molar-refractivity contribution in [3.63, 3.8) is 0 Å². The summed E-state index contributed by atoms with van der Waals surface area (Å²) in [6.45, 7) is 0. The summed E-state index contributed by atoms with van der Waals surface area (Å²) < 4.78 is 5.15. The van der Waals surface area contributed by atoms with E-state index < -0.39 is 0 Å². The van der Waals surface area contributed by atoms with Gasteiger partial charge in [-0.25, -0.2) is 0 Å². The van der Waals surface area contributed by atoms with Gasteiger partial charge in [-0.2, -0.15) is 5.10 Å². The number of nitrogens with zero attached hydrogens (tertiary/aromatic N) is 1. The zero-order valence-electron chi connectivity index (χ0n) is 9.47. The maximum atomic E-state index is 5.15. The molecule has 1 heterocycles. The van der Waals surface area contributed by atoms with Gasteiger partial charge in [-0.3, -0.25) is 5.10 Å². The molecule has 17 heavy (non-hydrogen) atoms. The van der Waals surface area contributed by atoms with Crippen molar-refractivity contribution in [1.29, 1.82) is 0 Å². The summed E-state index contributed by atoms with van der Waals surface area (Å²) >= 11 is 0. The van der Waals surface area contributed by atoms with Gasteiger partial charge >= 0.3 is 0 Å². The normalized spacial score (nSPS) is 10.6. The number of hydrogen-bond donors (Lipinski definition) is 1. The second-order valence-electron chi connectivity index (χ2n) is 3.90. The highest BCUT2D eigenvalue weighted by molar-refractivity contribution is 5.84. The average Bonchev–Trinajstić information content (AvgIpc) is 2.86. The van der Waals surface area contributed by atoms with E-state index in [2.05, 4.69) is 34.5 Å². The molecule has 0 bridgehead atoms. The quantitative estimate of drug-likeness (QED) is 0.725. The zero-order chi connectivity index (χ0) is 11.7. The van der Waals surface area contributed by atoms with E-state index >= 15 is 0 Å². The molecule has 3 heteroatoms. The van der Waals surface area contributed by atoms with Crippen molar-refractivity contribution in [1.82, 2.24) is 10.2 Å². The van der Waals surface area contributed by atoms with Crippen LogP contribution < -0.4 is 4.74 Å². The number of fused-ring (bicyclic) bond motifs is 1. The lowest BCUT2D eigenvalue weighted by Crippen LogP contribution is -1.82. The molecule has 3 aromatic rings. The van der Waals surface area contributed by atoms with Gasteiger partial charge in [0.25, 0.3) is 0 Å². The van der Waals surface area contributed by atoms with Crippen LogP contribution in [-0.4, -0.2) is 17.3 Å². The molecular formula is C14H12N2O. The number of nitrogens with one attached hydrogen (secondary N) is 1. The Hall–Kier alpha value is -2.29. The molecule has 0 spiro atoms. The Kier molecular flexibility index (Phi) is 2.29. The molecule has 0 aliphatic rings. The van der Waals surface area contributed by atoms with Gasteiger partial charge in [0.05, 0.1) is 18.8 Å². The number of benzene rings is 2. The predicted molar refractivity (Wildman–Crippen MR) is 68.1 cm³/mol. The Morgan fingerprint density at radius 3 is 2.53 bits per heavy atom. The molecule has 0 aliphatic heterocycles. The van der Waals surface area contributed by atoms with Crippen molar-refractivity contribution >= 4 is 10.9 Å². The molecule has 0 atom stereocenters. The van der Waals surface area contributed by atoms with Crippen LogP contribution in [0.15, 0.2) is 48.7 Å². The Morgan fingerprint density at radius 2 is 1.76 bits per heavy atom. The molecule has 0 radical (unpaired) electrons. The number of hydrogen-bond acceptors (Lipinski definition) is 2. The summed E-state index contributed by atoms with van der Waals surface area (Å²) in [5.74, 6) is 0.873. The summed E-state index contributed by atoms with van der Waals surface area (Å²) in [5.41, 5.74) is 3.41. The third-order valence-electron chi connectivity index (χ3n) is 2.86. The van der Waals surface area contributed by atoms with E-state index in [1.807, 2.05) is 24.4 Å². The lowest BCUT2D eigenvalue weighted by Gasteiger charge is -2.03. The van der Waals surface area contributed by atoms with E-state index in [0.29, 0.717) is 0 Å². The van der Waals surface area contributed by atoms with Crippen molar-refractivity contribution < 1.29 is 4.74 Å². The molecule has 1 aromatic heterocycles. The van der Waals surface area contributed by atoms with E-state index in [1.54, 1.807) is 7.11 Å². The standard InChI is InChI=1S/C14H12N2O/c1-17-13-5-2-10(3-6-13)11-4-7-14-12(8-11)9-15-16-14/h2-9H,1H3,(H,15,16). The molecule has 2 aromatic carbocycles. The van der Waals surface area contributed by atoms with Gasteiger partial charge in [0.1, 0.15) is 5.75 Å². The molecule has 0 fully saturated rings. The molecular weight excluding hydrogens is 212 g/mol. The molecule has 0 saturated heterocycles. The number of H-pyrrole nitrogens is 1. The first-order chi connectivity index (χ1) is 8.36. The van der Waals surface area contributed by atoms with Gasteiger partial charge in [0.15, 0.2) is 0 Å². The highest BCUT2D eigenvalue weighted by Crippen LogP contribution is 2.25. The zero-order valence-corrected chi connectivity index (χ0v) is 9.47. The van der Waals surface area contributed by atoms with Crippen LogP contribution in [0.1, 0.15) is 0 Å². The minimum absolute atomic E-state index is 0.873. The molecule has 0 unspecified atom stereocenters. The van der Waals surface area contributed by atoms with E-state index in [9.17, 15) is 0 Å². The lowest BCUT2D eigenvalue weighted by atomic mass is 10.0. The molecule has 0 amide bonds. The fourth-order valence-electron chi connectivity index (χ4n) is 1.91. The van der Waals surface area contributed by atoms with Crippen LogP contribution in [-0.2, 0) is 0 Å². The summed E-state index contributed by atoms with van der Waals surface area (Å²) in [6, 6.07) is 14.3. The Balaban J connectivity index is 2.06. The van der Waals surface area contributed by atoms with Crippen LogP contribution >= 0.6 is 0 Å².